The third-order valence-corrected chi connectivity index (χ3v) is 4.77. The SMILES string of the molecule is Cc1ccc(C=C(CS)B2OC(C)(C)C(C)(C)O2)c(C#N)c1. The Morgan fingerprint density at radius 2 is 1.86 bits per heavy atom. The first kappa shape index (κ1) is 17.1. The van der Waals surface area contributed by atoms with Crippen molar-refractivity contribution < 1.29 is 9.31 Å². The van der Waals surface area contributed by atoms with E-state index in [0.29, 0.717) is 11.3 Å². The van der Waals surface area contributed by atoms with Gasteiger partial charge in [-0.2, -0.15) is 17.9 Å². The summed E-state index contributed by atoms with van der Waals surface area (Å²) in [4.78, 5) is 0. The smallest absolute Gasteiger partial charge is 0.400 e. The molecule has 2 rings (SSSR count). The van der Waals surface area contributed by atoms with Gasteiger partial charge < -0.3 is 9.31 Å². The summed E-state index contributed by atoms with van der Waals surface area (Å²) >= 11 is 4.41. The number of nitriles is 1. The average Bonchev–Trinajstić information content (AvgIpc) is 2.65. The summed E-state index contributed by atoms with van der Waals surface area (Å²) in [6, 6.07) is 8.06. The van der Waals surface area contributed by atoms with Crippen LogP contribution in [0.3, 0.4) is 0 Å². The molecule has 1 heterocycles. The van der Waals surface area contributed by atoms with Gasteiger partial charge in [-0.1, -0.05) is 18.2 Å². The van der Waals surface area contributed by atoms with Gasteiger partial charge in [-0.15, -0.1) is 0 Å². The summed E-state index contributed by atoms with van der Waals surface area (Å²) in [6.45, 7) is 10.1. The zero-order valence-corrected chi connectivity index (χ0v) is 14.7. The van der Waals surface area contributed by atoms with Crippen LogP contribution < -0.4 is 0 Å². The minimum Gasteiger partial charge on any atom is -0.400 e. The maximum atomic E-state index is 9.30. The molecule has 0 unspecified atom stereocenters. The number of hydrogen-bond donors (Lipinski definition) is 1. The average molecular weight is 315 g/mol. The van der Waals surface area contributed by atoms with Crippen molar-refractivity contribution >= 4 is 25.8 Å². The summed E-state index contributed by atoms with van der Waals surface area (Å²) in [5.41, 5.74) is 2.73. The first-order chi connectivity index (χ1) is 10.2. The number of benzene rings is 1. The van der Waals surface area contributed by atoms with Crippen LogP contribution in [0.2, 0.25) is 0 Å². The van der Waals surface area contributed by atoms with Crippen molar-refractivity contribution in [3.8, 4) is 6.07 Å². The molecule has 0 N–H and O–H groups in total. The van der Waals surface area contributed by atoms with Gasteiger partial charge in [-0.05, 0) is 57.3 Å². The van der Waals surface area contributed by atoms with Crippen molar-refractivity contribution in [2.75, 3.05) is 5.75 Å². The molecule has 1 aliphatic heterocycles. The van der Waals surface area contributed by atoms with E-state index in [1.807, 2.05) is 58.9 Å². The standard InChI is InChI=1S/C17H22BNO2S/c1-12-6-7-13(14(8-12)10-19)9-15(11-22)18-20-16(2,3)17(4,5)21-18/h6-9,22H,11H2,1-5H3. The van der Waals surface area contributed by atoms with Gasteiger partial charge in [-0.3, -0.25) is 0 Å². The molecule has 0 bridgehead atoms. The Kier molecular flexibility index (Phi) is 4.77. The Bertz CT molecular complexity index is 631. The third-order valence-electron chi connectivity index (χ3n) is 4.41. The minimum absolute atomic E-state index is 0.384. The molecule has 1 aromatic rings. The Labute approximate surface area is 138 Å². The molecule has 0 aromatic heterocycles. The lowest BCUT2D eigenvalue weighted by Crippen LogP contribution is -2.41. The van der Waals surface area contributed by atoms with Crippen LogP contribution in [0.1, 0.15) is 44.4 Å². The van der Waals surface area contributed by atoms with Crippen LogP contribution >= 0.6 is 12.6 Å². The summed E-state index contributed by atoms with van der Waals surface area (Å²) in [5.74, 6) is 0.509. The van der Waals surface area contributed by atoms with Crippen LogP contribution in [-0.4, -0.2) is 24.1 Å². The van der Waals surface area contributed by atoms with Crippen LogP contribution in [0.25, 0.3) is 6.08 Å². The second-order valence-corrected chi connectivity index (χ2v) is 6.98. The molecular formula is C17H22BNO2S. The number of aryl methyl sites for hydroxylation is 1. The number of thiol groups is 1. The third kappa shape index (κ3) is 3.25. The predicted octanol–water partition coefficient (Wildman–Crippen LogP) is 3.81. The molecule has 1 aliphatic rings. The van der Waals surface area contributed by atoms with Crippen LogP contribution in [0, 0.1) is 18.3 Å². The summed E-state index contributed by atoms with van der Waals surface area (Å²) in [7, 11) is -0.435. The molecule has 0 amide bonds. The minimum atomic E-state index is -0.435. The molecule has 0 spiro atoms. The van der Waals surface area contributed by atoms with E-state index in [4.69, 9.17) is 9.31 Å². The van der Waals surface area contributed by atoms with Crippen molar-refractivity contribution in [3.63, 3.8) is 0 Å². The highest BCUT2D eigenvalue weighted by atomic mass is 32.1. The molecule has 3 nitrogen and oxygen atoms in total. The van der Waals surface area contributed by atoms with Crippen LogP contribution in [-0.2, 0) is 9.31 Å². The van der Waals surface area contributed by atoms with Crippen molar-refractivity contribution in [3.05, 3.63) is 40.4 Å². The molecule has 1 saturated heterocycles. The molecule has 1 aromatic carbocycles. The van der Waals surface area contributed by atoms with Crippen molar-refractivity contribution in [1.82, 2.24) is 0 Å². The number of nitrogens with zero attached hydrogens (tertiary/aromatic N) is 1. The molecule has 0 aliphatic carbocycles. The van der Waals surface area contributed by atoms with E-state index in [-0.39, 0.29) is 11.2 Å². The molecular weight excluding hydrogens is 293 g/mol. The Morgan fingerprint density at radius 1 is 1.27 bits per heavy atom. The van der Waals surface area contributed by atoms with Crippen LogP contribution in [0.5, 0.6) is 0 Å². The first-order valence-electron chi connectivity index (χ1n) is 7.38. The highest BCUT2D eigenvalue weighted by molar-refractivity contribution is 7.80. The zero-order chi connectivity index (χ0) is 16.5. The Balaban J connectivity index is 2.36. The van der Waals surface area contributed by atoms with Gasteiger partial charge >= 0.3 is 7.12 Å². The summed E-state index contributed by atoms with van der Waals surface area (Å²) in [6.07, 6.45) is 1.95. The lowest BCUT2D eigenvalue weighted by atomic mass is 9.78. The fourth-order valence-corrected chi connectivity index (χ4v) is 2.52. The predicted molar refractivity (Wildman–Crippen MR) is 93.8 cm³/mol. The number of hydrogen-bond acceptors (Lipinski definition) is 4. The monoisotopic (exact) mass is 315 g/mol. The normalized spacial score (nSPS) is 20.0. The van der Waals surface area contributed by atoms with E-state index in [1.54, 1.807) is 0 Å². The van der Waals surface area contributed by atoms with E-state index < -0.39 is 7.12 Å². The van der Waals surface area contributed by atoms with Gasteiger partial charge in [0.1, 0.15) is 0 Å². The second-order valence-electron chi connectivity index (χ2n) is 6.67. The summed E-state index contributed by atoms with van der Waals surface area (Å²) < 4.78 is 12.1. The second kappa shape index (κ2) is 6.12. The maximum Gasteiger partial charge on any atom is 0.491 e. The number of rotatable bonds is 3. The van der Waals surface area contributed by atoms with E-state index in [2.05, 4.69) is 18.7 Å². The van der Waals surface area contributed by atoms with E-state index in [0.717, 1.165) is 16.6 Å². The molecule has 22 heavy (non-hydrogen) atoms. The van der Waals surface area contributed by atoms with Crippen molar-refractivity contribution in [2.24, 2.45) is 0 Å². The highest BCUT2D eigenvalue weighted by Gasteiger charge is 2.52. The molecule has 0 saturated carbocycles. The van der Waals surface area contributed by atoms with Gasteiger partial charge in [0.15, 0.2) is 0 Å². The van der Waals surface area contributed by atoms with Crippen LogP contribution in [0.15, 0.2) is 23.7 Å². The van der Waals surface area contributed by atoms with Gasteiger partial charge in [0.2, 0.25) is 0 Å². The van der Waals surface area contributed by atoms with Gasteiger partial charge in [0, 0.05) is 5.75 Å². The lowest BCUT2D eigenvalue weighted by molar-refractivity contribution is 0.00578. The lowest BCUT2D eigenvalue weighted by Gasteiger charge is -2.32. The van der Waals surface area contributed by atoms with Crippen molar-refractivity contribution in [2.45, 2.75) is 45.8 Å². The van der Waals surface area contributed by atoms with E-state index >= 15 is 0 Å². The maximum absolute atomic E-state index is 9.30. The molecule has 0 atom stereocenters. The molecule has 1 fully saturated rings. The van der Waals surface area contributed by atoms with Gasteiger partial charge in [0.05, 0.1) is 22.8 Å². The Morgan fingerprint density at radius 3 is 2.36 bits per heavy atom. The van der Waals surface area contributed by atoms with Crippen LogP contribution in [0.4, 0.5) is 0 Å². The van der Waals surface area contributed by atoms with E-state index in [9.17, 15) is 5.26 Å². The summed E-state index contributed by atoms with van der Waals surface area (Å²) in [5, 5.41) is 9.30. The first-order valence-corrected chi connectivity index (χ1v) is 8.01. The highest BCUT2D eigenvalue weighted by Crippen LogP contribution is 2.39. The van der Waals surface area contributed by atoms with Gasteiger partial charge in [-0.25, -0.2) is 0 Å². The van der Waals surface area contributed by atoms with Gasteiger partial charge in [0.25, 0.3) is 0 Å². The largest absolute Gasteiger partial charge is 0.491 e. The molecule has 0 radical (unpaired) electrons. The fraction of sp³-hybridized carbons (Fsp3) is 0.471. The molecule has 5 heteroatoms. The quantitative estimate of drug-likeness (QED) is 0.681. The topological polar surface area (TPSA) is 42.2 Å². The zero-order valence-electron chi connectivity index (χ0n) is 13.8. The molecule has 116 valence electrons. The fourth-order valence-electron chi connectivity index (χ4n) is 2.28. The van der Waals surface area contributed by atoms with Crippen molar-refractivity contribution in [1.29, 1.82) is 5.26 Å². The Hall–Kier alpha value is -1.22. The van der Waals surface area contributed by atoms with E-state index in [1.165, 1.54) is 0 Å².